The Bertz CT molecular complexity index is 656. The first-order valence-electron chi connectivity index (χ1n) is 8.41. The van der Waals surface area contributed by atoms with E-state index in [-0.39, 0.29) is 22.8 Å². The van der Waals surface area contributed by atoms with Crippen LogP contribution < -0.4 is 15.4 Å². The van der Waals surface area contributed by atoms with Gasteiger partial charge in [-0.3, -0.25) is 4.79 Å². The number of carbonyl (C=O) groups is 1. The maximum atomic E-state index is 12.3. The molecule has 0 saturated carbocycles. The van der Waals surface area contributed by atoms with Crippen molar-refractivity contribution in [2.24, 2.45) is 11.8 Å². The summed E-state index contributed by atoms with van der Waals surface area (Å²) >= 11 is 0. The summed E-state index contributed by atoms with van der Waals surface area (Å²) in [5, 5.41) is 6.34. The summed E-state index contributed by atoms with van der Waals surface area (Å²) < 4.78 is 26.9. The molecule has 0 aliphatic carbocycles. The van der Waals surface area contributed by atoms with Crippen molar-refractivity contribution >= 4 is 15.9 Å². The third-order valence-electron chi connectivity index (χ3n) is 4.21. The molecule has 1 amide bonds. The summed E-state index contributed by atoms with van der Waals surface area (Å²) in [5.41, 5.74) is 0.476. The lowest BCUT2D eigenvalue weighted by Crippen LogP contribution is -2.48. The Hall–Kier alpha value is -1.44. The highest BCUT2D eigenvalue weighted by molar-refractivity contribution is 7.89. The van der Waals surface area contributed by atoms with Crippen LogP contribution in [0.25, 0.3) is 0 Å². The molecule has 6 nitrogen and oxygen atoms in total. The van der Waals surface area contributed by atoms with Gasteiger partial charge < -0.3 is 10.6 Å². The Labute approximate surface area is 144 Å². The van der Waals surface area contributed by atoms with E-state index in [1.54, 1.807) is 12.1 Å². The second-order valence-electron chi connectivity index (χ2n) is 6.82. The highest BCUT2D eigenvalue weighted by atomic mass is 32.2. The minimum atomic E-state index is -3.52. The molecule has 0 radical (unpaired) electrons. The molecule has 2 atom stereocenters. The first-order chi connectivity index (χ1) is 11.3. The van der Waals surface area contributed by atoms with Gasteiger partial charge >= 0.3 is 0 Å². The van der Waals surface area contributed by atoms with Crippen LogP contribution in [0.1, 0.15) is 37.6 Å². The van der Waals surface area contributed by atoms with E-state index in [1.165, 1.54) is 12.1 Å². The minimum Gasteiger partial charge on any atom is -0.349 e. The van der Waals surface area contributed by atoms with E-state index < -0.39 is 10.0 Å². The fourth-order valence-corrected chi connectivity index (χ4v) is 3.84. The van der Waals surface area contributed by atoms with Crippen molar-refractivity contribution in [3.63, 3.8) is 0 Å². The number of rotatable bonds is 6. The molecule has 134 valence electrons. The van der Waals surface area contributed by atoms with Crippen molar-refractivity contribution in [1.82, 2.24) is 15.4 Å². The van der Waals surface area contributed by atoms with Crippen LogP contribution in [0.15, 0.2) is 29.2 Å². The van der Waals surface area contributed by atoms with Gasteiger partial charge in [0.1, 0.15) is 0 Å². The fraction of sp³-hybridized carbons (Fsp3) is 0.588. The van der Waals surface area contributed by atoms with E-state index >= 15 is 0 Å². The fourth-order valence-electron chi connectivity index (χ4n) is 2.63. The summed E-state index contributed by atoms with van der Waals surface area (Å²) in [5.74, 6) is 0.451. The van der Waals surface area contributed by atoms with E-state index in [1.807, 2.05) is 13.8 Å². The van der Waals surface area contributed by atoms with E-state index in [0.717, 1.165) is 19.5 Å². The Balaban J connectivity index is 2.01. The Kier molecular flexibility index (Phi) is 6.37. The Morgan fingerprint density at radius 2 is 1.96 bits per heavy atom. The number of sulfonamides is 1. The van der Waals surface area contributed by atoms with Crippen LogP contribution in [0.5, 0.6) is 0 Å². The number of nitrogens with one attached hydrogen (secondary N) is 3. The molecular weight excluding hydrogens is 326 g/mol. The van der Waals surface area contributed by atoms with Gasteiger partial charge in [0.15, 0.2) is 0 Å². The van der Waals surface area contributed by atoms with Crippen molar-refractivity contribution in [3.8, 4) is 0 Å². The largest absolute Gasteiger partial charge is 0.349 e. The summed E-state index contributed by atoms with van der Waals surface area (Å²) in [6.07, 6.45) is 0.901. The van der Waals surface area contributed by atoms with Crippen LogP contribution in [0.4, 0.5) is 0 Å². The van der Waals surface area contributed by atoms with Gasteiger partial charge in [-0.1, -0.05) is 20.8 Å². The van der Waals surface area contributed by atoms with Crippen LogP contribution in [-0.4, -0.2) is 40.0 Å². The molecule has 7 heteroatoms. The van der Waals surface area contributed by atoms with Gasteiger partial charge in [-0.05, 0) is 55.6 Å². The predicted octanol–water partition coefficient (Wildman–Crippen LogP) is 1.35. The average Bonchev–Trinajstić information content (AvgIpc) is 2.55. The molecule has 1 fully saturated rings. The SMILES string of the molecule is CC(C)CNS(=O)(=O)c1ccc(C(=O)NC2CCNCC2C)cc1. The molecule has 2 unspecified atom stereocenters. The van der Waals surface area contributed by atoms with Crippen LogP contribution in [0, 0.1) is 11.8 Å². The lowest BCUT2D eigenvalue weighted by molar-refractivity contribution is 0.0914. The zero-order valence-electron chi connectivity index (χ0n) is 14.5. The normalized spacial score (nSPS) is 21.7. The zero-order chi connectivity index (χ0) is 17.7. The minimum absolute atomic E-state index is 0.148. The van der Waals surface area contributed by atoms with Crippen molar-refractivity contribution in [3.05, 3.63) is 29.8 Å². The number of piperidine rings is 1. The summed E-state index contributed by atoms with van der Waals surface area (Å²) in [4.78, 5) is 12.5. The van der Waals surface area contributed by atoms with Gasteiger partial charge in [0.25, 0.3) is 5.91 Å². The third kappa shape index (κ3) is 5.03. The number of benzene rings is 1. The maximum absolute atomic E-state index is 12.3. The van der Waals surface area contributed by atoms with E-state index in [0.29, 0.717) is 18.0 Å². The molecule has 0 bridgehead atoms. The standard InChI is InChI=1S/C17H27N3O3S/c1-12(2)10-19-24(22,23)15-6-4-14(5-7-15)17(21)20-16-8-9-18-11-13(16)3/h4-7,12-13,16,18-19H,8-11H2,1-3H3,(H,20,21). The highest BCUT2D eigenvalue weighted by Gasteiger charge is 2.23. The molecule has 0 aromatic heterocycles. The molecule has 24 heavy (non-hydrogen) atoms. The Morgan fingerprint density at radius 1 is 1.29 bits per heavy atom. The maximum Gasteiger partial charge on any atom is 0.251 e. The van der Waals surface area contributed by atoms with Crippen LogP contribution in [-0.2, 0) is 10.0 Å². The average molecular weight is 353 g/mol. The zero-order valence-corrected chi connectivity index (χ0v) is 15.3. The van der Waals surface area contributed by atoms with Gasteiger partial charge in [0.2, 0.25) is 10.0 Å². The first kappa shape index (κ1) is 18.9. The number of hydrogen-bond acceptors (Lipinski definition) is 4. The van der Waals surface area contributed by atoms with E-state index in [2.05, 4.69) is 22.3 Å². The van der Waals surface area contributed by atoms with Gasteiger partial charge in [0, 0.05) is 18.2 Å². The topological polar surface area (TPSA) is 87.3 Å². The quantitative estimate of drug-likeness (QED) is 0.720. The number of amides is 1. The Morgan fingerprint density at radius 3 is 2.54 bits per heavy atom. The van der Waals surface area contributed by atoms with Crippen LogP contribution in [0.3, 0.4) is 0 Å². The molecule has 1 aliphatic rings. The third-order valence-corrected chi connectivity index (χ3v) is 5.65. The summed E-state index contributed by atoms with van der Waals surface area (Å²) in [6, 6.07) is 6.22. The van der Waals surface area contributed by atoms with Gasteiger partial charge in [-0.15, -0.1) is 0 Å². The molecule has 1 aromatic rings. The van der Waals surface area contributed by atoms with Crippen molar-refractivity contribution in [1.29, 1.82) is 0 Å². The van der Waals surface area contributed by atoms with Crippen LogP contribution >= 0.6 is 0 Å². The number of hydrogen-bond donors (Lipinski definition) is 3. The molecular formula is C17H27N3O3S. The molecule has 1 saturated heterocycles. The van der Waals surface area contributed by atoms with Gasteiger partial charge in [-0.2, -0.15) is 0 Å². The van der Waals surface area contributed by atoms with Crippen molar-refractivity contribution < 1.29 is 13.2 Å². The van der Waals surface area contributed by atoms with Crippen molar-refractivity contribution in [2.75, 3.05) is 19.6 Å². The molecule has 1 heterocycles. The first-order valence-corrected chi connectivity index (χ1v) is 9.89. The highest BCUT2D eigenvalue weighted by Crippen LogP contribution is 2.14. The lowest BCUT2D eigenvalue weighted by atomic mass is 9.95. The van der Waals surface area contributed by atoms with Crippen LogP contribution in [0.2, 0.25) is 0 Å². The lowest BCUT2D eigenvalue weighted by Gasteiger charge is -2.30. The second-order valence-corrected chi connectivity index (χ2v) is 8.59. The van der Waals surface area contributed by atoms with E-state index in [9.17, 15) is 13.2 Å². The molecule has 0 spiro atoms. The monoisotopic (exact) mass is 353 g/mol. The van der Waals surface area contributed by atoms with Gasteiger partial charge in [-0.25, -0.2) is 13.1 Å². The smallest absolute Gasteiger partial charge is 0.251 e. The molecule has 1 aliphatic heterocycles. The molecule has 1 aromatic carbocycles. The predicted molar refractivity (Wildman–Crippen MR) is 94.4 cm³/mol. The van der Waals surface area contributed by atoms with Gasteiger partial charge in [0.05, 0.1) is 4.90 Å². The van der Waals surface area contributed by atoms with E-state index in [4.69, 9.17) is 0 Å². The summed E-state index contributed by atoms with van der Waals surface area (Å²) in [6.45, 7) is 8.17. The molecule has 2 rings (SSSR count). The second kappa shape index (κ2) is 8.09. The van der Waals surface area contributed by atoms with Crippen molar-refractivity contribution in [2.45, 2.75) is 38.1 Å². The summed E-state index contributed by atoms with van der Waals surface area (Å²) in [7, 11) is -3.52. The molecule has 3 N–H and O–H groups in total. The number of carbonyl (C=O) groups excluding carboxylic acids is 1.